The Labute approximate surface area is 124 Å². The summed E-state index contributed by atoms with van der Waals surface area (Å²) >= 11 is 0. The van der Waals surface area contributed by atoms with E-state index in [-0.39, 0.29) is 24.4 Å². The van der Waals surface area contributed by atoms with E-state index in [1.165, 1.54) is 0 Å². The number of hydrogen-bond donors (Lipinski definition) is 2. The first-order valence-corrected chi connectivity index (χ1v) is 7.41. The van der Waals surface area contributed by atoms with Gasteiger partial charge in [0, 0.05) is 12.7 Å². The van der Waals surface area contributed by atoms with Crippen LogP contribution in [0.3, 0.4) is 0 Å². The van der Waals surface area contributed by atoms with E-state index in [0.717, 1.165) is 25.1 Å². The smallest absolute Gasteiger partial charge is 0.249 e. The highest BCUT2D eigenvalue weighted by molar-refractivity contribution is 6.04. The summed E-state index contributed by atoms with van der Waals surface area (Å²) in [6.45, 7) is 5.97. The van der Waals surface area contributed by atoms with Gasteiger partial charge < -0.3 is 10.2 Å². The maximum absolute atomic E-state index is 11.8. The first-order chi connectivity index (χ1) is 10.2. The Morgan fingerprint density at radius 2 is 2.19 bits per heavy atom. The van der Waals surface area contributed by atoms with Crippen LogP contribution in [0.25, 0.3) is 0 Å². The highest BCUT2D eigenvalue weighted by Crippen LogP contribution is 2.18. The van der Waals surface area contributed by atoms with Crippen molar-refractivity contribution in [3.8, 4) is 0 Å². The molecule has 114 valence electrons. The first-order valence-electron chi connectivity index (χ1n) is 7.41. The van der Waals surface area contributed by atoms with Crippen LogP contribution >= 0.6 is 0 Å². The van der Waals surface area contributed by atoms with Gasteiger partial charge in [0.05, 0.1) is 6.54 Å². The van der Waals surface area contributed by atoms with Crippen molar-refractivity contribution in [3.05, 3.63) is 23.9 Å². The van der Waals surface area contributed by atoms with Crippen LogP contribution < -0.4 is 15.5 Å². The number of aromatic nitrogens is 1. The van der Waals surface area contributed by atoms with Gasteiger partial charge in [-0.15, -0.1) is 0 Å². The minimum Gasteiger partial charge on any atom is -0.335 e. The van der Waals surface area contributed by atoms with E-state index in [2.05, 4.69) is 22.5 Å². The van der Waals surface area contributed by atoms with Gasteiger partial charge in [-0.3, -0.25) is 14.9 Å². The van der Waals surface area contributed by atoms with E-state index >= 15 is 0 Å². The number of carbonyl (C=O) groups excluding carboxylic acids is 2. The zero-order valence-electron chi connectivity index (χ0n) is 12.6. The van der Waals surface area contributed by atoms with Crippen molar-refractivity contribution < 1.29 is 9.59 Å². The lowest BCUT2D eigenvalue weighted by Gasteiger charge is -2.34. The number of carbonyl (C=O) groups is 2. The molecule has 1 saturated heterocycles. The number of anilines is 1. The monoisotopic (exact) mass is 290 g/mol. The highest BCUT2D eigenvalue weighted by atomic mass is 16.2. The molecule has 1 aromatic heterocycles. The molecule has 0 aliphatic carbocycles. The Morgan fingerprint density at radius 3 is 2.81 bits per heavy atom. The van der Waals surface area contributed by atoms with Crippen LogP contribution in [-0.4, -0.2) is 35.9 Å². The number of nitrogens with zero attached hydrogens (tertiary/aromatic N) is 2. The zero-order valence-corrected chi connectivity index (χ0v) is 12.6. The molecule has 21 heavy (non-hydrogen) atoms. The van der Waals surface area contributed by atoms with Crippen molar-refractivity contribution in [1.82, 2.24) is 15.6 Å². The highest BCUT2D eigenvalue weighted by Gasteiger charge is 2.33. The summed E-state index contributed by atoms with van der Waals surface area (Å²) in [7, 11) is 0. The molecule has 2 heterocycles. The molecule has 2 rings (SSSR count). The van der Waals surface area contributed by atoms with E-state index in [9.17, 15) is 9.59 Å². The number of pyridine rings is 1. The van der Waals surface area contributed by atoms with Gasteiger partial charge in [0.15, 0.2) is 0 Å². The van der Waals surface area contributed by atoms with Gasteiger partial charge in [-0.1, -0.05) is 19.9 Å². The van der Waals surface area contributed by atoms with Gasteiger partial charge in [0.2, 0.25) is 11.8 Å². The molecular weight excluding hydrogens is 268 g/mol. The standard InChI is InChI=1S/C15H22N4O2/c1-3-7-16-8-11-5-6-13(17-9-11)19-10-14(20)18-15(21)12(19)4-2/h5-6,9,12,16H,3-4,7-8,10H2,1-2H3,(H,18,20,21). The molecule has 1 aliphatic rings. The third kappa shape index (κ3) is 3.78. The largest absolute Gasteiger partial charge is 0.335 e. The minimum atomic E-state index is -0.334. The lowest BCUT2D eigenvalue weighted by Crippen LogP contribution is -2.58. The van der Waals surface area contributed by atoms with Gasteiger partial charge in [-0.05, 0) is 31.0 Å². The van der Waals surface area contributed by atoms with E-state index in [1.54, 1.807) is 11.1 Å². The Balaban J connectivity index is 2.09. The van der Waals surface area contributed by atoms with Crippen molar-refractivity contribution in [2.75, 3.05) is 18.0 Å². The number of amides is 2. The van der Waals surface area contributed by atoms with Crippen molar-refractivity contribution in [1.29, 1.82) is 0 Å². The average Bonchev–Trinajstić information content (AvgIpc) is 2.47. The fourth-order valence-electron chi connectivity index (χ4n) is 2.41. The molecule has 6 nitrogen and oxygen atoms in total. The second-order valence-electron chi connectivity index (χ2n) is 5.17. The lowest BCUT2D eigenvalue weighted by molar-refractivity contribution is -0.132. The number of imide groups is 1. The Hall–Kier alpha value is -1.95. The fourth-order valence-corrected chi connectivity index (χ4v) is 2.41. The molecule has 1 atom stereocenters. The van der Waals surface area contributed by atoms with E-state index in [0.29, 0.717) is 12.2 Å². The van der Waals surface area contributed by atoms with Gasteiger partial charge in [-0.25, -0.2) is 4.98 Å². The molecule has 0 saturated carbocycles. The molecule has 6 heteroatoms. The minimum absolute atomic E-state index is 0.171. The summed E-state index contributed by atoms with van der Waals surface area (Å²) in [5, 5.41) is 5.68. The molecule has 0 spiro atoms. The van der Waals surface area contributed by atoms with Crippen LogP contribution in [0.4, 0.5) is 5.82 Å². The van der Waals surface area contributed by atoms with Crippen molar-refractivity contribution >= 4 is 17.6 Å². The second-order valence-corrected chi connectivity index (χ2v) is 5.17. The molecule has 1 aromatic rings. The van der Waals surface area contributed by atoms with Gasteiger partial charge in [-0.2, -0.15) is 0 Å². The summed E-state index contributed by atoms with van der Waals surface area (Å²) < 4.78 is 0. The third-order valence-electron chi connectivity index (χ3n) is 3.50. The molecular formula is C15H22N4O2. The Morgan fingerprint density at radius 1 is 1.38 bits per heavy atom. The summed E-state index contributed by atoms with van der Waals surface area (Å²) in [6.07, 6.45) is 3.52. The van der Waals surface area contributed by atoms with Crippen LogP contribution in [-0.2, 0) is 16.1 Å². The summed E-state index contributed by atoms with van der Waals surface area (Å²) in [5.41, 5.74) is 1.09. The number of piperazine rings is 1. The predicted octanol–water partition coefficient (Wildman–Crippen LogP) is 0.823. The zero-order chi connectivity index (χ0) is 15.2. The van der Waals surface area contributed by atoms with Gasteiger partial charge in [0.25, 0.3) is 0 Å². The molecule has 1 fully saturated rings. The predicted molar refractivity (Wildman–Crippen MR) is 80.8 cm³/mol. The van der Waals surface area contributed by atoms with Crippen LogP contribution in [0.5, 0.6) is 0 Å². The average molecular weight is 290 g/mol. The van der Waals surface area contributed by atoms with E-state index in [4.69, 9.17) is 0 Å². The number of nitrogens with one attached hydrogen (secondary N) is 2. The van der Waals surface area contributed by atoms with E-state index in [1.807, 2.05) is 19.1 Å². The normalized spacial score (nSPS) is 18.8. The molecule has 2 amide bonds. The van der Waals surface area contributed by atoms with Crippen LogP contribution in [0, 0.1) is 0 Å². The maximum Gasteiger partial charge on any atom is 0.249 e. The van der Waals surface area contributed by atoms with Crippen LogP contribution in [0.15, 0.2) is 18.3 Å². The molecule has 2 N–H and O–H groups in total. The Kier molecular flexibility index (Phi) is 5.27. The molecule has 1 unspecified atom stereocenters. The molecule has 1 aliphatic heterocycles. The summed E-state index contributed by atoms with van der Waals surface area (Å²) in [5.74, 6) is 0.147. The van der Waals surface area contributed by atoms with Crippen LogP contribution in [0.2, 0.25) is 0 Å². The Bertz CT molecular complexity index is 501. The number of rotatable bonds is 6. The molecule has 0 aromatic carbocycles. The van der Waals surface area contributed by atoms with E-state index < -0.39 is 0 Å². The lowest BCUT2D eigenvalue weighted by atomic mass is 10.1. The first kappa shape index (κ1) is 15.4. The van der Waals surface area contributed by atoms with Gasteiger partial charge in [0.1, 0.15) is 11.9 Å². The molecule has 0 bridgehead atoms. The third-order valence-corrected chi connectivity index (χ3v) is 3.50. The van der Waals surface area contributed by atoms with Crippen molar-refractivity contribution in [2.45, 2.75) is 39.3 Å². The van der Waals surface area contributed by atoms with Gasteiger partial charge >= 0.3 is 0 Å². The SMILES string of the molecule is CCCNCc1ccc(N2CC(=O)NC(=O)C2CC)nc1. The van der Waals surface area contributed by atoms with Crippen molar-refractivity contribution in [3.63, 3.8) is 0 Å². The quantitative estimate of drug-likeness (QED) is 0.599. The molecule has 0 radical (unpaired) electrons. The van der Waals surface area contributed by atoms with Crippen LogP contribution in [0.1, 0.15) is 32.3 Å². The maximum atomic E-state index is 11.8. The number of hydrogen-bond acceptors (Lipinski definition) is 5. The summed E-state index contributed by atoms with van der Waals surface area (Å²) in [6, 6.07) is 3.52. The van der Waals surface area contributed by atoms with Crippen molar-refractivity contribution in [2.24, 2.45) is 0 Å². The topological polar surface area (TPSA) is 74.3 Å². The fraction of sp³-hybridized carbons (Fsp3) is 0.533. The second kappa shape index (κ2) is 7.17. The summed E-state index contributed by atoms with van der Waals surface area (Å²) in [4.78, 5) is 29.6.